The first-order chi connectivity index (χ1) is 7.70. The average Bonchev–Trinajstić information content (AvgIpc) is 2.29. The molecule has 2 N–H and O–H groups in total. The van der Waals surface area contributed by atoms with E-state index in [1.54, 1.807) is 31.8 Å². The van der Waals surface area contributed by atoms with Gasteiger partial charge in [-0.25, -0.2) is 4.98 Å². The van der Waals surface area contributed by atoms with E-state index >= 15 is 0 Å². The number of pyridine rings is 2. The van der Waals surface area contributed by atoms with E-state index in [4.69, 9.17) is 22.1 Å². The summed E-state index contributed by atoms with van der Waals surface area (Å²) in [5, 5.41) is 0.372. The minimum absolute atomic E-state index is 0.372. The lowest BCUT2D eigenvalue weighted by Gasteiger charge is -2.06. The van der Waals surface area contributed by atoms with Gasteiger partial charge in [-0.3, -0.25) is 4.98 Å². The highest BCUT2D eigenvalue weighted by atomic mass is 35.5. The first-order valence-electron chi connectivity index (χ1n) is 4.61. The molecule has 0 saturated heterocycles. The van der Waals surface area contributed by atoms with Crippen molar-refractivity contribution in [3.05, 3.63) is 35.9 Å². The van der Waals surface area contributed by atoms with E-state index in [0.717, 1.165) is 11.1 Å². The fraction of sp³-hybridized carbons (Fsp3) is 0.0909. The van der Waals surface area contributed by atoms with Crippen molar-refractivity contribution in [1.29, 1.82) is 0 Å². The van der Waals surface area contributed by atoms with E-state index in [2.05, 4.69) is 9.97 Å². The summed E-state index contributed by atoms with van der Waals surface area (Å²) in [6, 6.07) is 3.45. The topological polar surface area (TPSA) is 61.0 Å². The maximum atomic E-state index is 5.85. The summed E-state index contributed by atoms with van der Waals surface area (Å²) in [5.74, 6) is 0.673. The number of nitrogen functional groups attached to an aromatic ring is 1. The predicted octanol–water partition coefficient (Wildman–Crippen LogP) is 2.39. The minimum atomic E-state index is 0.372. The zero-order valence-corrected chi connectivity index (χ0v) is 9.40. The number of ether oxygens (including phenoxy) is 1. The zero-order chi connectivity index (χ0) is 11.5. The first kappa shape index (κ1) is 10.7. The van der Waals surface area contributed by atoms with Crippen LogP contribution >= 0.6 is 11.6 Å². The zero-order valence-electron chi connectivity index (χ0n) is 8.64. The predicted molar refractivity (Wildman–Crippen MR) is 63.4 cm³/mol. The molecule has 82 valence electrons. The number of halogens is 1. The van der Waals surface area contributed by atoms with Crippen molar-refractivity contribution >= 4 is 17.3 Å². The van der Waals surface area contributed by atoms with Crippen LogP contribution in [-0.2, 0) is 0 Å². The number of nitrogens with zero attached hydrogens (tertiary/aromatic N) is 2. The summed E-state index contributed by atoms with van der Waals surface area (Å²) in [7, 11) is 1.59. The van der Waals surface area contributed by atoms with Gasteiger partial charge >= 0.3 is 0 Å². The number of anilines is 1. The second kappa shape index (κ2) is 4.37. The van der Waals surface area contributed by atoms with Gasteiger partial charge in [0, 0.05) is 29.2 Å². The van der Waals surface area contributed by atoms with Crippen molar-refractivity contribution in [3.63, 3.8) is 0 Å². The average molecular weight is 236 g/mol. The summed E-state index contributed by atoms with van der Waals surface area (Å²) in [5.41, 5.74) is 8.05. The number of hydrogen-bond acceptors (Lipinski definition) is 4. The van der Waals surface area contributed by atoms with Crippen LogP contribution in [0.2, 0.25) is 5.15 Å². The molecule has 5 heteroatoms. The molecule has 0 fully saturated rings. The molecule has 0 aliphatic carbocycles. The highest BCUT2D eigenvalue weighted by Crippen LogP contribution is 2.28. The van der Waals surface area contributed by atoms with E-state index in [1.165, 1.54) is 0 Å². The maximum Gasteiger partial charge on any atom is 0.137 e. The third kappa shape index (κ3) is 2.06. The van der Waals surface area contributed by atoms with Crippen LogP contribution in [0, 0.1) is 0 Å². The van der Waals surface area contributed by atoms with Crippen molar-refractivity contribution < 1.29 is 4.74 Å². The summed E-state index contributed by atoms with van der Waals surface area (Å²) in [4.78, 5) is 8.04. The smallest absolute Gasteiger partial charge is 0.137 e. The van der Waals surface area contributed by atoms with Crippen LogP contribution in [0.15, 0.2) is 30.7 Å². The highest BCUT2D eigenvalue weighted by Gasteiger charge is 2.05. The van der Waals surface area contributed by atoms with Crippen LogP contribution in [0.3, 0.4) is 0 Å². The second-order valence-corrected chi connectivity index (χ2v) is 3.59. The Morgan fingerprint density at radius 1 is 1.25 bits per heavy atom. The Morgan fingerprint density at radius 2 is 2.06 bits per heavy atom. The quantitative estimate of drug-likeness (QED) is 0.812. The molecule has 0 unspecified atom stereocenters. The van der Waals surface area contributed by atoms with Gasteiger partial charge in [-0.15, -0.1) is 0 Å². The van der Waals surface area contributed by atoms with Crippen molar-refractivity contribution in [2.75, 3.05) is 12.8 Å². The van der Waals surface area contributed by atoms with Crippen molar-refractivity contribution in [2.45, 2.75) is 0 Å². The number of nitrogens with two attached hydrogens (primary N) is 1. The van der Waals surface area contributed by atoms with Gasteiger partial charge in [-0.05, 0) is 12.1 Å². The normalized spacial score (nSPS) is 10.1. The van der Waals surface area contributed by atoms with Crippen LogP contribution in [0.1, 0.15) is 0 Å². The molecule has 0 saturated carbocycles. The van der Waals surface area contributed by atoms with Gasteiger partial charge in [-0.2, -0.15) is 0 Å². The van der Waals surface area contributed by atoms with Crippen LogP contribution in [0.4, 0.5) is 5.69 Å². The number of aromatic nitrogens is 2. The van der Waals surface area contributed by atoms with Crippen LogP contribution in [0.5, 0.6) is 5.75 Å². The number of methoxy groups -OCH3 is 1. The first-order valence-corrected chi connectivity index (χ1v) is 4.99. The molecule has 0 aliphatic rings. The standard InChI is InChI=1S/C11H10ClN3O/c1-16-8-2-7(4-14-5-8)9-6-15-11(12)3-10(9)13/h2-6H,1H3,(H2,13,15). The molecule has 0 aliphatic heterocycles. The molecular formula is C11H10ClN3O. The Hall–Kier alpha value is -1.81. The Bertz CT molecular complexity index is 516. The molecule has 0 amide bonds. The SMILES string of the molecule is COc1cncc(-c2cnc(Cl)cc2N)c1. The molecule has 0 radical (unpaired) electrons. The van der Waals surface area contributed by atoms with E-state index in [0.29, 0.717) is 16.6 Å². The van der Waals surface area contributed by atoms with Gasteiger partial charge in [0.15, 0.2) is 0 Å². The Kier molecular flexibility index (Phi) is 2.92. The Balaban J connectivity index is 2.49. The molecule has 16 heavy (non-hydrogen) atoms. The number of rotatable bonds is 2. The lowest BCUT2D eigenvalue weighted by atomic mass is 10.1. The molecule has 2 heterocycles. The summed E-state index contributed by atoms with van der Waals surface area (Å²) >= 11 is 5.73. The minimum Gasteiger partial charge on any atom is -0.495 e. The van der Waals surface area contributed by atoms with Crippen molar-refractivity contribution in [1.82, 2.24) is 9.97 Å². The van der Waals surface area contributed by atoms with Gasteiger partial charge in [0.25, 0.3) is 0 Å². The van der Waals surface area contributed by atoms with E-state index in [9.17, 15) is 0 Å². The fourth-order valence-corrected chi connectivity index (χ4v) is 1.53. The van der Waals surface area contributed by atoms with Crippen LogP contribution in [0.25, 0.3) is 11.1 Å². The molecule has 2 aromatic rings. The van der Waals surface area contributed by atoms with Gasteiger partial charge in [0.2, 0.25) is 0 Å². The highest BCUT2D eigenvalue weighted by molar-refractivity contribution is 6.29. The third-order valence-corrected chi connectivity index (χ3v) is 2.37. The van der Waals surface area contributed by atoms with E-state index in [-0.39, 0.29) is 0 Å². The van der Waals surface area contributed by atoms with E-state index < -0.39 is 0 Å². The van der Waals surface area contributed by atoms with Gasteiger partial charge in [-0.1, -0.05) is 11.6 Å². The second-order valence-electron chi connectivity index (χ2n) is 3.21. The van der Waals surface area contributed by atoms with Gasteiger partial charge in [0.1, 0.15) is 10.9 Å². The molecule has 0 atom stereocenters. The van der Waals surface area contributed by atoms with Gasteiger partial charge in [0.05, 0.1) is 13.3 Å². The maximum absolute atomic E-state index is 5.85. The molecule has 2 rings (SSSR count). The molecular weight excluding hydrogens is 226 g/mol. The molecule has 0 bridgehead atoms. The summed E-state index contributed by atoms with van der Waals surface area (Å²) < 4.78 is 5.09. The van der Waals surface area contributed by atoms with E-state index in [1.807, 2.05) is 6.07 Å². The van der Waals surface area contributed by atoms with Crippen molar-refractivity contribution in [2.24, 2.45) is 0 Å². The number of hydrogen-bond donors (Lipinski definition) is 1. The molecule has 4 nitrogen and oxygen atoms in total. The summed E-state index contributed by atoms with van der Waals surface area (Å²) in [6.45, 7) is 0. The lowest BCUT2D eigenvalue weighted by molar-refractivity contribution is 0.413. The van der Waals surface area contributed by atoms with Crippen LogP contribution < -0.4 is 10.5 Å². The molecule has 0 aromatic carbocycles. The molecule has 0 spiro atoms. The van der Waals surface area contributed by atoms with Gasteiger partial charge < -0.3 is 10.5 Å². The third-order valence-electron chi connectivity index (χ3n) is 2.16. The Morgan fingerprint density at radius 3 is 2.75 bits per heavy atom. The van der Waals surface area contributed by atoms with Crippen molar-refractivity contribution in [3.8, 4) is 16.9 Å². The lowest BCUT2D eigenvalue weighted by Crippen LogP contribution is -1.93. The Labute approximate surface area is 98.0 Å². The largest absolute Gasteiger partial charge is 0.495 e. The molecule has 2 aromatic heterocycles. The van der Waals surface area contributed by atoms with Crippen LogP contribution in [-0.4, -0.2) is 17.1 Å². The monoisotopic (exact) mass is 235 g/mol. The summed E-state index contributed by atoms with van der Waals surface area (Å²) in [6.07, 6.45) is 4.95. The fourth-order valence-electron chi connectivity index (χ4n) is 1.36.